The average Bonchev–Trinajstić information content (AvgIpc) is 2.63. The SMILES string of the molecule is C[C@H](c1ccccc1)N(Cc1cc(NS(C)(=O)=O)ccc1N(C)C)C(=O)C(C)(C)C. The highest BCUT2D eigenvalue weighted by atomic mass is 32.2. The van der Waals surface area contributed by atoms with Crippen LogP contribution in [0.15, 0.2) is 48.5 Å². The predicted octanol–water partition coefficient (Wildman–Crippen LogP) is 4.26. The van der Waals surface area contributed by atoms with Crippen molar-refractivity contribution in [3.63, 3.8) is 0 Å². The summed E-state index contributed by atoms with van der Waals surface area (Å²) in [5.41, 5.74) is 2.78. The molecule has 164 valence electrons. The van der Waals surface area contributed by atoms with Crippen molar-refractivity contribution < 1.29 is 13.2 Å². The van der Waals surface area contributed by atoms with Crippen LogP contribution in [0.5, 0.6) is 0 Å². The van der Waals surface area contributed by atoms with Crippen LogP contribution < -0.4 is 9.62 Å². The summed E-state index contributed by atoms with van der Waals surface area (Å²) in [5.74, 6) is 0.0324. The zero-order valence-corrected chi connectivity index (χ0v) is 19.7. The molecule has 1 N–H and O–H groups in total. The summed E-state index contributed by atoms with van der Waals surface area (Å²) in [6.45, 7) is 8.11. The molecule has 2 aromatic rings. The molecule has 2 aromatic carbocycles. The molecule has 2 rings (SSSR count). The van der Waals surface area contributed by atoms with Crippen molar-refractivity contribution >= 4 is 27.3 Å². The molecule has 0 saturated carbocycles. The van der Waals surface area contributed by atoms with E-state index in [4.69, 9.17) is 0 Å². The number of benzene rings is 2. The molecule has 1 amide bonds. The Hall–Kier alpha value is -2.54. The van der Waals surface area contributed by atoms with Crippen molar-refractivity contribution in [3.05, 3.63) is 59.7 Å². The van der Waals surface area contributed by atoms with Gasteiger partial charge in [-0.2, -0.15) is 0 Å². The van der Waals surface area contributed by atoms with Crippen LogP contribution >= 0.6 is 0 Å². The molecule has 0 heterocycles. The van der Waals surface area contributed by atoms with E-state index in [0.717, 1.165) is 23.1 Å². The van der Waals surface area contributed by atoms with E-state index in [2.05, 4.69) is 4.72 Å². The summed E-state index contributed by atoms with van der Waals surface area (Å²) in [7, 11) is 0.461. The third-order valence-electron chi connectivity index (χ3n) is 4.86. The lowest BCUT2D eigenvalue weighted by Crippen LogP contribution is -2.40. The molecule has 6 nitrogen and oxygen atoms in total. The molecule has 0 unspecified atom stereocenters. The quantitative estimate of drug-likeness (QED) is 0.711. The molecule has 1 atom stereocenters. The van der Waals surface area contributed by atoms with Gasteiger partial charge in [-0.25, -0.2) is 8.42 Å². The molecule has 0 bridgehead atoms. The normalized spacial score (nSPS) is 12.9. The Morgan fingerprint density at radius 3 is 2.17 bits per heavy atom. The highest BCUT2D eigenvalue weighted by molar-refractivity contribution is 7.92. The van der Waals surface area contributed by atoms with Gasteiger partial charge < -0.3 is 9.80 Å². The van der Waals surface area contributed by atoms with Crippen LogP contribution in [0.4, 0.5) is 11.4 Å². The van der Waals surface area contributed by atoms with E-state index in [1.807, 2.05) is 88.0 Å². The maximum absolute atomic E-state index is 13.4. The number of hydrogen-bond donors (Lipinski definition) is 1. The maximum Gasteiger partial charge on any atom is 0.229 e. The van der Waals surface area contributed by atoms with Crippen LogP contribution in [-0.4, -0.2) is 39.6 Å². The van der Waals surface area contributed by atoms with Crippen molar-refractivity contribution in [2.75, 3.05) is 30.0 Å². The molecule has 0 aliphatic rings. The number of carbonyl (C=O) groups excluding carboxylic acids is 1. The number of anilines is 2. The lowest BCUT2D eigenvalue weighted by molar-refractivity contribution is -0.142. The van der Waals surface area contributed by atoms with E-state index >= 15 is 0 Å². The zero-order chi connectivity index (χ0) is 22.7. The molecule has 0 aliphatic heterocycles. The first-order chi connectivity index (χ1) is 13.8. The van der Waals surface area contributed by atoms with E-state index in [1.54, 1.807) is 12.1 Å². The molecule has 0 fully saturated rings. The van der Waals surface area contributed by atoms with Gasteiger partial charge in [0.25, 0.3) is 0 Å². The topological polar surface area (TPSA) is 69.7 Å². The first-order valence-corrected chi connectivity index (χ1v) is 11.8. The van der Waals surface area contributed by atoms with Gasteiger partial charge in [-0.05, 0) is 36.2 Å². The van der Waals surface area contributed by atoms with E-state index in [1.165, 1.54) is 0 Å². The Balaban J connectivity index is 2.52. The molecule has 0 aliphatic carbocycles. The number of nitrogens with zero attached hydrogens (tertiary/aromatic N) is 2. The summed E-state index contributed by atoms with van der Waals surface area (Å²) in [4.78, 5) is 17.2. The molecule has 0 aromatic heterocycles. The molecule has 30 heavy (non-hydrogen) atoms. The second-order valence-electron chi connectivity index (χ2n) is 8.88. The third-order valence-corrected chi connectivity index (χ3v) is 5.46. The molecule has 0 saturated heterocycles. The summed E-state index contributed by atoms with van der Waals surface area (Å²) in [5, 5.41) is 0. The summed E-state index contributed by atoms with van der Waals surface area (Å²) in [6, 6.07) is 15.2. The summed E-state index contributed by atoms with van der Waals surface area (Å²) >= 11 is 0. The van der Waals surface area contributed by atoms with E-state index in [-0.39, 0.29) is 11.9 Å². The Bertz CT molecular complexity index is 980. The van der Waals surface area contributed by atoms with Crippen LogP contribution in [0.3, 0.4) is 0 Å². The monoisotopic (exact) mass is 431 g/mol. The Kier molecular flexibility index (Phi) is 7.18. The van der Waals surface area contributed by atoms with Gasteiger partial charge in [-0.3, -0.25) is 9.52 Å². The minimum Gasteiger partial charge on any atom is -0.377 e. The van der Waals surface area contributed by atoms with Crippen LogP contribution in [0, 0.1) is 5.41 Å². The predicted molar refractivity (Wildman–Crippen MR) is 124 cm³/mol. The van der Waals surface area contributed by atoms with E-state index < -0.39 is 15.4 Å². The molecular formula is C23H33N3O3S. The van der Waals surface area contributed by atoms with Crippen LogP contribution in [0.1, 0.15) is 44.9 Å². The highest BCUT2D eigenvalue weighted by Crippen LogP contribution is 2.32. The summed E-state index contributed by atoms with van der Waals surface area (Å²) in [6.07, 6.45) is 1.12. The van der Waals surface area contributed by atoms with Crippen molar-refractivity contribution in [1.29, 1.82) is 0 Å². The van der Waals surface area contributed by atoms with Gasteiger partial charge in [0.15, 0.2) is 0 Å². The maximum atomic E-state index is 13.4. The number of rotatable bonds is 7. The Labute approximate surface area is 180 Å². The van der Waals surface area contributed by atoms with Crippen LogP contribution in [0.2, 0.25) is 0 Å². The molecular weight excluding hydrogens is 398 g/mol. The second kappa shape index (κ2) is 9.08. The largest absolute Gasteiger partial charge is 0.377 e. The van der Waals surface area contributed by atoms with Gasteiger partial charge in [0.05, 0.1) is 12.3 Å². The second-order valence-corrected chi connectivity index (χ2v) is 10.6. The van der Waals surface area contributed by atoms with Crippen LogP contribution in [-0.2, 0) is 21.4 Å². The fourth-order valence-corrected chi connectivity index (χ4v) is 3.89. The lowest BCUT2D eigenvalue weighted by Gasteiger charge is -2.35. The number of nitrogens with one attached hydrogen (secondary N) is 1. The standard InChI is InChI=1S/C23H33N3O3S/c1-17(18-11-9-8-10-12-18)26(22(27)23(2,3)4)16-19-15-20(24-30(7,28)29)13-14-21(19)25(5)6/h8-15,17,24H,16H2,1-7H3/t17-/m1/s1. The number of hydrogen-bond acceptors (Lipinski definition) is 4. The van der Waals surface area contributed by atoms with Crippen molar-refractivity contribution in [2.45, 2.75) is 40.3 Å². The third kappa shape index (κ3) is 6.23. The molecule has 0 spiro atoms. The van der Waals surface area contributed by atoms with Crippen molar-refractivity contribution in [1.82, 2.24) is 4.90 Å². The number of sulfonamides is 1. The molecule has 7 heteroatoms. The van der Waals surface area contributed by atoms with Crippen molar-refractivity contribution in [2.24, 2.45) is 5.41 Å². The Morgan fingerprint density at radius 1 is 1.07 bits per heavy atom. The minimum absolute atomic E-state index is 0.0324. The van der Waals surface area contributed by atoms with Gasteiger partial charge >= 0.3 is 0 Å². The van der Waals surface area contributed by atoms with Gasteiger partial charge in [-0.15, -0.1) is 0 Å². The van der Waals surface area contributed by atoms with E-state index in [9.17, 15) is 13.2 Å². The minimum atomic E-state index is -3.40. The highest BCUT2D eigenvalue weighted by Gasteiger charge is 2.31. The van der Waals surface area contributed by atoms with Crippen LogP contribution in [0.25, 0.3) is 0 Å². The lowest BCUT2D eigenvalue weighted by atomic mass is 9.92. The zero-order valence-electron chi connectivity index (χ0n) is 18.9. The smallest absolute Gasteiger partial charge is 0.229 e. The van der Waals surface area contributed by atoms with Gasteiger partial charge in [0.1, 0.15) is 0 Å². The van der Waals surface area contributed by atoms with Gasteiger partial charge in [-0.1, -0.05) is 51.1 Å². The fraction of sp³-hybridized carbons (Fsp3) is 0.435. The van der Waals surface area contributed by atoms with Gasteiger partial charge in [0.2, 0.25) is 15.9 Å². The average molecular weight is 432 g/mol. The Morgan fingerprint density at radius 2 is 1.67 bits per heavy atom. The number of amides is 1. The fourth-order valence-electron chi connectivity index (χ4n) is 3.34. The summed E-state index contributed by atoms with van der Waals surface area (Å²) < 4.78 is 25.9. The van der Waals surface area contributed by atoms with E-state index in [0.29, 0.717) is 12.2 Å². The van der Waals surface area contributed by atoms with Crippen molar-refractivity contribution in [3.8, 4) is 0 Å². The number of carbonyl (C=O) groups is 1. The first-order valence-electron chi connectivity index (χ1n) is 9.93. The molecule has 0 radical (unpaired) electrons. The first kappa shape index (κ1) is 23.7. The van der Waals surface area contributed by atoms with Gasteiger partial charge in [0, 0.05) is 37.4 Å².